The van der Waals surface area contributed by atoms with Crippen LogP contribution in [0.1, 0.15) is 39.5 Å². The summed E-state index contributed by atoms with van der Waals surface area (Å²) in [6.07, 6.45) is 4.10. The van der Waals surface area contributed by atoms with E-state index in [0.717, 1.165) is 34.8 Å². The summed E-state index contributed by atoms with van der Waals surface area (Å²) < 4.78 is 4.97. The van der Waals surface area contributed by atoms with Crippen molar-refractivity contribution in [2.24, 2.45) is 0 Å². The molecular formula is C19H23N2O3S2+. The van der Waals surface area contributed by atoms with Gasteiger partial charge in [0, 0.05) is 17.4 Å². The smallest absolute Gasteiger partial charge is 0.341 e. The van der Waals surface area contributed by atoms with Crippen LogP contribution in [0.15, 0.2) is 23.6 Å². The van der Waals surface area contributed by atoms with E-state index in [1.165, 1.54) is 29.4 Å². The van der Waals surface area contributed by atoms with Crippen molar-refractivity contribution in [3.63, 3.8) is 0 Å². The first-order valence-electron chi connectivity index (χ1n) is 8.59. The molecule has 1 amide bonds. The molecule has 3 heterocycles. The molecule has 0 fully saturated rings. The molecule has 7 heteroatoms. The van der Waals surface area contributed by atoms with Gasteiger partial charge in [-0.05, 0) is 36.9 Å². The number of thiophene rings is 2. The third kappa shape index (κ3) is 4.06. The van der Waals surface area contributed by atoms with Gasteiger partial charge in [0.25, 0.3) is 0 Å². The van der Waals surface area contributed by atoms with Crippen molar-refractivity contribution in [2.75, 3.05) is 19.0 Å². The number of nitrogens with one attached hydrogen (secondary N) is 2. The fraction of sp³-hybridized carbons (Fsp3) is 0.368. The summed E-state index contributed by atoms with van der Waals surface area (Å²) in [5.41, 5.74) is 1.55. The second-order valence-electron chi connectivity index (χ2n) is 6.53. The molecule has 1 atom stereocenters. The molecule has 0 spiro atoms. The Morgan fingerprint density at radius 3 is 2.85 bits per heavy atom. The molecule has 3 rings (SSSR count). The molecule has 1 aliphatic heterocycles. The molecule has 1 aliphatic rings. The second-order valence-corrected chi connectivity index (χ2v) is 8.61. The van der Waals surface area contributed by atoms with Crippen molar-refractivity contribution in [3.8, 4) is 0 Å². The molecular weight excluding hydrogens is 368 g/mol. The van der Waals surface area contributed by atoms with Gasteiger partial charge in [0.15, 0.2) is 0 Å². The van der Waals surface area contributed by atoms with Crippen molar-refractivity contribution < 1.29 is 19.2 Å². The summed E-state index contributed by atoms with van der Waals surface area (Å²) >= 11 is 3.06. The zero-order valence-electron chi connectivity index (χ0n) is 15.1. The molecule has 2 aromatic heterocycles. The molecule has 0 aromatic carbocycles. The van der Waals surface area contributed by atoms with Gasteiger partial charge in [-0.25, -0.2) is 4.79 Å². The maximum absolute atomic E-state index is 12.3. The summed E-state index contributed by atoms with van der Waals surface area (Å²) in [6.45, 7) is 6.26. The minimum Gasteiger partial charge on any atom is -0.465 e. The number of amides is 1. The number of ether oxygens (including phenoxy) is 1. The Bertz CT molecular complexity index is 822. The standard InChI is InChI=1S/C19H22N2O3S2/c1-12(2)21-9-8-14-15(11-21)26-18(17(14)19(23)24-3)20-16(22)7-6-13-5-4-10-25-13/h4-7,10,12H,8-9,11H2,1-3H3,(H,20,22)/p+1/b7-6+. The summed E-state index contributed by atoms with van der Waals surface area (Å²) in [5.74, 6) is -0.622. The van der Waals surface area contributed by atoms with Crippen LogP contribution in [0.3, 0.4) is 0 Å². The molecule has 5 nitrogen and oxygen atoms in total. The van der Waals surface area contributed by atoms with Gasteiger partial charge in [0.2, 0.25) is 5.91 Å². The number of quaternary nitrogens is 1. The lowest BCUT2D eigenvalue weighted by Crippen LogP contribution is -3.14. The van der Waals surface area contributed by atoms with E-state index in [2.05, 4.69) is 19.2 Å². The van der Waals surface area contributed by atoms with Gasteiger partial charge in [-0.3, -0.25) is 4.79 Å². The lowest BCUT2D eigenvalue weighted by atomic mass is 10.0. The number of carbonyl (C=O) groups is 2. The van der Waals surface area contributed by atoms with E-state index < -0.39 is 0 Å². The largest absolute Gasteiger partial charge is 0.465 e. The van der Waals surface area contributed by atoms with Crippen molar-refractivity contribution in [1.82, 2.24) is 0 Å². The maximum atomic E-state index is 12.3. The van der Waals surface area contributed by atoms with Gasteiger partial charge in [-0.1, -0.05) is 6.07 Å². The van der Waals surface area contributed by atoms with Crippen LogP contribution in [0.5, 0.6) is 0 Å². The number of hydrogen-bond donors (Lipinski definition) is 2. The Kier molecular flexibility index (Phi) is 5.90. The fourth-order valence-corrected chi connectivity index (χ4v) is 5.01. The highest BCUT2D eigenvalue weighted by molar-refractivity contribution is 7.17. The van der Waals surface area contributed by atoms with E-state index in [1.807, 2.05) is 17.5 Å². The molecule has 1 unspecified atom stereocenters. The first kappa shape index (κ1) is 18.8. The number of methoxy groups -OCH3 is 1. The molecule has 0 bridgehead atoms. The number of anilines is 1. The minimum atomic E-state index is -0.381. The number of hydrogen-bond acceptors (Lipinski definition) is 5. The molecule has 138 valence electrons. The van der Waals surface area contributed by atoms with Crippen LogP contribution >= 0.6 is 22.7 Å². The van der Waals surface area contributed by atoms with Crippen LogP contribution in [-0.4, -0.2) is 31.6 Å². The molecule has 2 aromatic rings. The summed E-state index contributed by atoms with van der Waals surface area (Å²) in [4.78, 5) is 28.3. The maximum Gasteiger partial charge on any atom is 0.341 e. The molecule has 0 saturated carbocycles. The van der Waals surface area contributed by atoms with Crippen LogP contribution in [0.25, 0.3) is 6.08 Å². The zero-order valence-corrected chi connectivity index (χ0v) is 16.8. The van der Waals surface area contributed by atoms with E-state index in [-0.39, 0.29) is 11.9 Å². The SMILES string of the molecule is COC(=O)c1c(NC(=O)/C=C/c2cccs2)sc2c1CC[NH+](C(C)C)C2. The first-order valence-corrected chi connectivity index (χ1v) is 10.3. The molecule has 0 radical (unpaired) electrons. The van der Waals surface area contributed by atoms with Crippen LogP contribution in [0.4, 0.5) is 5.00 Å². The summed E-state index contributed by atoms with van der Waals surface area (Å²) in [7, 11) is 1.38. The number of fused-ring (bicyclic) bond motifs is 1. The van der Waals surface area contributed by atoms with Gasteiger partial charge in [-0.15, -0.1) is 22.7 Å². The highest BCUT2D eigenvalue weighted by atomic mass is 32.1. The van der Waals surface area contributed by atoms with Crippen molar-refractivity contribution in [3.05, 3.63) is 44.5 Å². The lowest BCUT2D eigenvalue weighted by Gasteiger charge is -2.27. The monoisotopic (exact) mass is 391 g/mol. The molecule has 26 heavy (non-hydrogen) atoms. The molecule has 0 saturated heterocycles. The third-order valence-corrected chi connectivity index (χ3v) is 6.54. The van der Waals surface area contributed by atoms with Gasteiger partial charge in [0.1, 0.15) is 11.5 Å². The van der Waals surface area contributed by atoms with Crippen molar-refractivity contribution in [1.29, 1.82) is 0 Å². The Morgan fingerprint density at radius 1 is 1.38 bits per heavy atom. The summed E-state index contributed by atoms with van der Waals surface area (Å²) in [5, 5.41) is 5.43. The Labute approximate surface area is 161 Å². The van der Waals surface area contributed by atoms with Gasteiger partial charge in [0.05, 0.1) is 30.1 Å². The highest BCUT2D eigenvalue weighted by Crippen LogP contribution is 2.35. The quantitative estimate of drug-likeness (QED) is 0.608. The number of carbonyl (C=O) groups excluding carboxylic acids is 2. The summed E-state index contributed by atoms with van der Waals surface area (Å²) in [6, 6.07) is 4.41. The average Bonchev–Trinajstić information content (AvgIpc) is 3.25. The van der Waals surface area contributed by atoms with Crippen molar-refractivity contribution >= 4 is 45.6 Å². The fourth-order valence-electron chi connectivity index (χ4n) is 3.10. The topological polar surface area (TPSA) is 59.8 Å². The Morgan fingerprint density at radius 2 is 2.19 bits per heavy atom. The number of rotatable bonds is 5. The van der Waals surface area contributed by atoms with Crippen LogP contribution < -0.4 is 10.2 Å². The van der Waals surface area contributed by atoms with Crippen LogP contribution in [0.2, 0.25) is 0 Å². The van der Waals surface area contributed by atoms with Gasteiger partial charge < -0.3 is 15.0 Å². The first-order chi connectivity index (χ1) is 12.5. The predicted octanol–water partition coefficient (Wildman–Crippen LogP) is 2.60. The van der Waals surface area contributed by atoms with Crippen molar-refractivity contribution in [2.45, 2.75) is 32.9 Å². The highest BCUT2D eigenvalue weighted by Gasteiger charge is 2.31. The van der Waals surface area contributed by atoms with E-state index in [1.54, 1.807) is 17.4 Å². The van der Waals surface area contributed by atoms with Gasteiger partial charge in [-0.2, -0.15) is 0 Å². The third-order valence-electron chi connectivity index (χ3n) is 4.56. The van der Waals surface area contributed by atoms with E-state index in [0.29, 0.717) is 16.6 Å². The zero-order chi connectivity index (χ0) is 18.7. The number of esters is 1. The van der Waals surface area contributed by atoms with Gasteiger partial charge >= 0.3 is 5.97 Å². The molecule has 2 N–H and O–H groups in total. The average molecular weight is 392 g/mol. The minimum absolute atomic E-state index is 0.241. The molecule has 0 aliphatic carbocycles. The normalized spacial score (nSPS) is 16.7. The lowest BCUT2D eigenvalue weighted by molar-refractivity contribution is -0.936. The van der Waals surface area contributed by atoms with E-state index in [4.69, 9.17) is 4.74 Å². The Balaban J connectivity index is 1.84. The van der Waals surface area contributed by atoms with E-state index in [9.17, 15) is 9.59 Å². The predicted molar refractivity (Wildman–Crippen MR) is 106 cm³/mol. The van der Waals surface area contributed by atoms with Crippen LogP contribution in [0, 0.1) is 0 Å². The van der Waals surface area contributed by atoms with E-state index >= 15 is 0 Å². The second kappa shape index (κ2) is 8.16. The van der Waals surface area contributed by atoms with Crippen LogP contribution in [-0.2, 0) is 22.5 Å². The Hall–Kier alpha value is -1.96.